The lowest BCUT2D eigenvalue weighted by molar-refractivity contribution is -0.140. The Hall–Kier alpha value is -1.16. The molecule has 2 atom stereocenters. The van der Waals surface area contributed by atoms with Gasteiger partial charge >= 0.3 is 0 Å². The van der Waals surface area contributed by atoms with Gasteiger partial charge in [0.25, 0.3) is 0 Å². The summed E-state index contributed by atoms with van der Waals surface area (Å²) in [7, 11) is 0. The number of nitrogens with one attached hydrogen (secondary N) is 1. The van der Waals surface area contributed by atoms with Crippen molar-refractivity contribution in [1.82, 2.24) is 10.2 Å². The van der Waals surface area contributed by atoms with Crippen molar-refractivity contribution in [2.75, 3.05) is 19.6 Å². The van der Waals surface area contributed by atoms with Crippen LogP contribution in [0.1, 0.15) is 32.6 Å². The van der Waals surface area contributed by atoms with E-state index in [9.17, 15) is 9.59 Å². The van der Waals surface area contributed by atoms with Gasteiger partial charge in [0.1, 0.15) is 0 Å². The van der Waals surface area contributed by atoms with E-state index in [4.69, 9.17) is 0 Å². The first-order valence-corrected chi connectivity index (χ1v) is 7.44. The molecule has 1 aliphatic carbocycles. The number of carbonyl (C=O) groups is 2. The molecule has 1 saturated heterocycles. The molecule has 2 heterocycles. The average molecular weight is 262 g/mol. The summed E-state index contributed by atoms with van der Waals surface area (Å²) >= 11 is 0. The molecule has 0 aromatic rings. The summed E-state index contributed by atoms with van der Waals surface area (Å²) in [5.41, 5.74) is 1.23. The Morgan fingerprint density at radius 2 is 1.95 bits per heavy atom. The van der Waals surface area contributed by atoms with Crippen molar-refractivity contribution in [3.8, 4) is 0 Å². The van der Waals surface area contributed by atoms with Crippen LogP contribution in [0.2, 0.25) is 0 Å². The van der Waals surface area contributed by atoms with Crippen molar-refractivity contribution in [3.05, 3.63) is 11.6 Å². The summed E-state index contributed by atoms with van der Waals surface area (Å²) in [5.74, 6) is 0.721. The second-order valence-corrected chi connectivity index (χ2v) is 6.04. The van der Waals surface area contributed by atoms with Crippen LogP contribution in [0.4, 0.5) is 0 Å². The van der Waals surface area contributed by atoms with E-state index in [1.807, 2.05) is 0 Å². The third kappa shape index (κ3) is 2.22. The molecule has 0 spiro atoms. The SMILES string of the molecule is CCC1CC2C(=O)N(CC3=CCNCC3)C(=O)C2C1. The van der Waals surface area contributed by atoms with Crippen LogP contribution in [0.25, 0.3) is 0 Å². The van der Waals surface area contributed by atoms with Crippen LogP contribution in [0.3, 0.4) is 0 Å². The Balaban J connectivity index is 1.70. The lowest BCUT2D eigenvalue weighted by Gasteiger charge is -2.21. The Labute approximate surface area is 114 Å². The van der Waals surface area contributed by atoms with Crippen molar-refractivity contribution in [2.45, 2.75) is 32.6 Å². The quantitative estimate of drug-likeness (QED) is 0.616. The van der Waals surface area contributed by atoms with Crippen molar-refractivity contribution in [3.63, 3.8) is 0 Å². The molecule has 1 N–H and O–H groups in total. The molecule has 2 amide bonds. The molecule has 0 bridgehead atoms. The Morgan fingerprint density at radius 1 is 1.26 bits per heavy atom. The van der Waals surface area contributed by atoms with Crippen molar-refractivity contribution >= 4 is 11.8 Å². The van der Waals surface area contributed by atoms with Crippen molar-refractivity contribution in [2.24, 2.45) is 17.8 Å². The summed E-state index contributed by atoms with van der Waals surface area (Å²) in [5, 5.41) is 3.25. The number of hydrogen-bond donors (Lipinski definition) is 1. The van der Waals surface area contributed by atoms with Gasteiger partial charge in [0.15, 0.2) is 0 Å². The van der Waals surface area contributed by atoms with Gasteiger partial charge in [-0.1, -0.05) is 25.0 Å². The van der Waals surface area contributed by atoms with Crippen molar-refractivity contribution in [1.29, 1.82) is 0 Å². The molecule has 19 heavy (non-hydrogen) atoms. The molecule has 2 unspecified atom stereocenters. The van der Waals surface area contributed by atoms with E-state index in [1.165, 1.54) is 10.5 Å². The van der Waals surface area contributed by atoms with Gasteiger partial charge < -0.3 is 5.32 Å². The summed E-state index contributed by atoms with van der Waals surface area (Å²) in [6, 6.07) is 0. The molecule has 2 fully saturated rings. The van der Waals surface area contributed by atoms with Gasteiger partial charge in [0.2, 0.25) is 11.8 Å². The van der Waals surface area contributed by atoms with Gasteiger partial charge in [0, 0.05) is 13.1 Å². The lowest BCUT2D eigenvalue weighted by atomic mass is 10.00. The van der Waals surface area contributed by atoms with Crippen LogP contribution in [0.15, 0.2) is 11.6 Å². The fourth-order valence-electron chi connectivity index (χ4n) is 3.70. The molecule has 104 valence electrons. The summed E-state index contributed by atoms with van der Waals surface area (Å²) in [6.07, 6.45) is 5.99. The fourth-order valence-corrected chi connectivity index (χ4v) is 3.70. The largest absolute Gasteiger partial charge is 0.313 e. The Morgan fingerprint density at radius 3 is 2.47 bits per heavy atom. The molecular formula is C15H22N2O2. The molecular weight excluding hydrogens is 240 g/mol. The van der Waals surface area contributed by atoms with E-state index < -0.39 is 0 Å². The van der Waals surface area contributed by atoms with E-state index in [0.29, 0.717) is 12.5 Å². The number of amides is 2. The minimum atomic E-state index is -0.0141. The maximum absolute atomic E-state index is 12.4. The number of imide groups is 1. The van der Waals surface area contributed by atoms with Gasteiger partial charge in [-0.3, -0.25) is 14.5 Å². The lowest BCUT2D eigenvalue weighted by Crippen LogP contribution is -2.35. The van der Waals surface area contributed by atoms with Gasteiger partial charge in [-0.05, 0) is 31.7 Å². The summed E-state index contributed by atoms with van der Waals surface area (Å²) in [6.45, 7) is 4.49. The molecule has 4 nitrogen and oxygen atoms in total. The number of hydrogen-bond acceptors (Lipinski definition) is 3. The molecule has 1 saturated carbocycles. The van der Waals surface area contributed by atoms with Gasteiger partial charge in [-0.2, -0.15) is 0 Å². The second-order valence-electron chi connectivity index (χ2n) is 6.04. The highest BCUT2D eigenvalue weighted by Gasteiger charge is 2.52. The second kappa shape index (κ2) is 5.08. The van der Waals surface area contributed by atoms with E-state index in [0.717, 1.165) is 38.8 Å². The molecule has 3 aliphatic rings. The average Bonchev–Trinajstić information content (AvgIpc) is 2.96. The number of fused-ring (bicyclic) bond motifs is 1. The monoisotopic (exact) mass is 262 g/mol. The summed E-state index contributed by atoms with van der Waals surface area (Å²) in [4.78, 5) is 26.3. The zero-order valence-corrected chi connectivity index (χ0v) is 11.5. The molecule has 2 aliphatic heterocycles. The van der Waals surface area contributed by atoms with Crippen LogP contribution in [0, 0.1) is 17.8 Å². The zero-order chi connectivity index (χ0) is 13.4. The number of rotatable bonds is 3. The van der Waals surface area contributed by atoms with Crippen LogP contribution in [-0.2, 0) is 9.59 Å². The third-order valence-electron chi connectivity index (χ3n) is 4.92. The first kappa shape index (κ1) is 12.9. The first-order chi connectivity index (χ1) is 9.20. The van der Waals surface area contributed by atoms with Gasteiger partial charge in [-0.25, -0.2) is 0 Å². The Bertz CT molecular complexity index is 406. The standard InChI is InChI=1S/C15H22N2O2/c1-2-10-7-12-13(8-10)15(19)17(14(12)18)9-11-3-5-16-6-4-11/h3,10,12-13,16H,2,4-9H2,1H3. The molecule has 0 radical (unpaired) electrons. The van der Waals surface area contributed by atoms with Gasteiger partial charge in [-0.15, -0.1) is 0 Å². The van der Waals surface area contributed by atoms with E-state index in [2.05, 4.69) is 18.3 Å². The highest BCUT2D eigenvalue weighted by Crippen LogP contribution is 2.44. The van der Waals surface area contributed by atoms with Crippen LogP contribution in [0.5, 0.6) is 0 Å². The van der Waals surface area contributed by atoms with E-state index >= 15 is 0 Å². The first-order valence-electron chi connectivity index (χ1n) is 7.44. The molecule has 0 aromatic heterocycles. The van der Waals surface area contributed by atoms with E-state index in [-0.39, 0.29) is 23.7 Å². The molecule has 3 rings (SSSR count). The summed E-state index contributed by atoms with van der Waals surface area (Å²) < 4.78 is 0. The predicted molar refractivity (Wildman–Crippen MR) is 72.3 cm³/mol. The molecule has 0 aromatic carbocycles. The maximum atomic E-state index is 12.4. The van der Waals surface area contributed by atoms with E-state index in [1.54, 1.807) is 0 Å². The minimum absolute atomic E-state index is 0.0141. The van der Waals surface area contributed by atoms with Gasteiger partial charge in [0.05, 0.1) is 11.8 Å². The highest BCUT2D eigenvalue weighted by molar-refractivity contribution is 6.05. The van der Waals surface area contributed by atoms with Crippen LogP contribution >= 0.6 is 0 Å². The predicted octanol–water partition coefficient (Wildman–Crippen LogP) is 1.33. The topological polar surface area (TPSA) is 49.4 Å². The van der Waals surface area contributed by atoms with Crippen LogP contribution < -0.4 is 5.32 Å². The minimum Gasteiger partial charge on any atom is -0.313 e. The number of likely N-dealkylation sites (tertiary alicyclic amines) is 1. The number of nitrogens with zero attached hydrogens (tertiary/aromatic N) is 1. The highest BCUT2D eigenvalue weighted by atomic mass is 16.2. The third-order valence-corrected chi connectivity index (χ3v) is 4.92. The fraction of sp³-hybridized carbons (Fsp3) is 0.733. The number of carbonyl (C=O) groups excluding carboxylic acids is 2. The smallest absolute Gasteiger partial charge is 0.233 e. The maximum Gasteiger partial charge on any atom is 0.233 e. The van der Waals surface area contributed by atoms with Crippen LogP contribution in [-0.4, -0.2) is 36.3 Å². The normalized spacial score (nSPS) is 34.7. The molecule has 4 heteroatoms. The zero-order valence-electron chi connectivity index (χ0n) is 11.5. The Kier molecular flexibility index (Phi) is 3.44. The van der Waals surface area contributed by atoms with Crippen molar-refractivity contribution < 1.29 is 9.59 Å².